The lowest BCUT2D eigenvalue weighted by molar-refractivity contribution is -0.122. The number of esters is 1. The summed E-state index contributed by atoms with van der Waals surface area (Å²) in [6.45, 7) is 8.02. The third kappa shape index (κ3) is 7.78. The maximum atomic E-state index is 15.0. The number of benzene rings is 4. The van der Waals surface area contributed by atoms with Crippen molar-refractivity contribution in [2.24, 2.45) is 4.99 Å². The molecule has 2 atom stereocenters. The summed E-state index contributed by atoms with van der Waals surface area (Å²) in [4.78, 5) is 76.6. The van der Waals surface area contributed by atoms with Crippen molar-refractivity contribution in [2.45, 2.75) is 58.8 Å². The van der Waals surface area contributed by atoms with Crippen LogP contribution in [-0.2, 0) is 25.6 Å². The molecule has 13 heteroatoms. The molecule has 0 fully saturated rings. The monoisotopic (exact) mass is 731 g/mol. The summed E-state index contributed by atoms with van der Waals surface area (Å²) >= 11 is 0. The zero-order valence-electron chi connectivity index (χ0n) is 31.4. The third-order valence-corrected chi connectivity index (χ3v) is 9.06. The zero-order valence-corrected chi connectivity index (χ0v) is 31.4. The lowest BCUT2D eigenvalue weighted by Crippen LogP contribution is -2.48. The van der Waals surface area contributed by atoms with Crippen LogP contribution in [0.4, 0.5) is 16.2 Å². The average Bonchev–Trinajstić information content (AvgIpc) is 3.24. The summed E-state index contributed by atoms with van der Waals surface area (Å²) in [6, 6.07) is 21.4. The molecule has 1 aliphatic rings. The molecule has 0 saturated heterocycles. The van der Waals surface area contributed by atoms with Gasteiger partial charge < -0.3 is 19.1 Å². The minimum absolute atomic E-state index is 0.0780. The van der Waals surface area contributed by atoms with Crippen molar-refractivity contribution in [3.8, 4) is 11.8 Å². The van der Waals surface area contributed by atoms with Gasteiger partial charge in [-0.1, -0.05) is 30.3 Å². The van der Waals surface area contributed by atoms with Crippen LogP contribution in [0.3, 0.4) is 0 Å². The minimum Gasteiger partial charge on any atom is -0.496 e. The molecule has 1 heterocycles. The molecule has 1 aliphatic heterocycles. The number of amides is 4. The fourth-order valence-corrected chi connectivity index (χ4v) is 6.06. The van der Waals surface area contributed by atoms with Gasteiger partial charge in [0.25, 0.3) is 17.7 Å². The number of ether oxygens (including phenoxy) is 3. The van der Waals surface area contributed by atoms with E-state index in [4.69, 9.17) is 14.2 Å². The van der Waals surface area contributed by atoms with Gasteiger partial charge in [0.2, 0.25) is 0 Å². The van der Waals surface area contributed by atoms with Gasteiger partial charge in [-0.05, 0) is 93.9 Å². The fraction of sp³-hybridized carbons (Fsp3) is 0.293. The van der Waals surface area contributed by atoms with Gasteiger partial charge in [-0.25, -0.2) is 14.6 Å². The van der Waals surface area contributed by atoms with Gasteiger partial charge in [0.05, 0.1) is 55.4 Å². The van der Waals surface area contributed by atoms with E-state index in [1.807, 2.05) is 30.3 Å². The Morgan fingerprint density at radius 1 is 0.944 bits per heavy atom. The summed E-state index contributed by atoms with van der Waals surface area (Å²) in [5.41, 5.74) is 0.545. The van der Waals surface area contributed by atoms with Gasteiger partial charge in [0.15, 0.2) is 0 Å². The van der Waals surface area contributed by atoms with E-state index in [1.165, 1.54) is 74.4 Å². The van der Waals surface area contributed by atoms with Crippen LogP contribution in [0.2, 0.25) is 0 Å². The van der Waals surface area contributed by atoms with Gasteiger partial charge in [0, 0.05) is 18.2 Å². The molecule has 54 heavy (non-hydrogen) atoms. The summed E-state index contributed by atoms with van der Waals surface area (Å²) < 4.78 is 16.0. The number of methoxy groups -OCH3 is 2. The van der Waals surface area contributed by atoms with E-state index >= 15 is 0 Å². The Labute approximate surface area is 313 Å². The van der Waals surface area contributed by atoms with Crippen LogP contribution in [0.15, 0.2) is 83.9 Å². The molecule has 0 spiro atoms. The summed E-state index contributed by atoms with van der Waals surface area (Å²) in [6.07, 6.45) is -0.767. The van der Waals surface area contributed by atoms with Crippen molar-refractivity contribution in [2.75, 3.05) is 31.1 Å². The van der Waals surface area contributed by atoms with E-state index in [-0.39, 0.29) is 40.3 Å². The maximum Gasteiger partial charge on any atom is 0.410 e. The molecule has 4 aromatic rings. The fourth-order valence-electron chi connectivity index (χ4n) is 6.06. The molecule has 0 radical (unpaired) electrons. The molecule has 0 bridgehead atoms. The summed E-state index contributed by atoms with van der Waals surface area (Å²) in [7, 11) is 4.16. The van der Waals surface area contributed by atoms with Gasteiger partial charge in [0.1, 0.15) is 23.1 Å². The summed E-state index contributed by atoms with van der Waals surface area (Å²) in [5, 5.41) is 11.6. The van der Waals surface area contributed by atoms with Crippen LogP contribution < -0.4 is 14.5 Å². The number of fused-ring (bicyclic) bond motifs is 2. The van der Waals surface area contributed by atoms with Crippen molar-refractivity contribution in [1.82, 2.24) is 4.90 Å². The van der Waals surface area contributed by atoms with E-state index in [0.717, 1.165) is 15.7 Å². The molecular formula is C41H41N5O8. The van der Waals surface area contributed by atoms with Crippen molar-refractivity contribution < 1.29 is 38.2 Å². The number of hydrogen-bond acceptors (Lipinski definition) is 9. The molecule has 13 nitrogen and oxygen atoms in total. The second-order valence-electron chi connectivity index (χ2n) is 13.7. The number of hydrogen-bond donors (Lipinski definition) is 0. The van der Waals surface area contributed by atoms with Crippen LogP contribution in [0.1, 0.15) is 66.5 Å². The van der Waals surface area contributed by atoms with Crippen LogP contribution in [0.5, 0.6) is 5.75 Å². The normalized spacial score (nSPS) is 15.5. The number of anilines is 2. The second kappa shape index (κ2) is 15.6. The number of aliphatic imine (C=N–C) groups is 1. The first kappa shape index (κ1) is 38.7. The SMILES string of the molecule is COC(=O)c1ccc(C(=O)N2c3cc(C#N)ccc3N(Cc3c(OC)ccc4ccccc34)C(=O)C(=NC(=O)[C@H](C)N(C)C(=O)OC(C)(C)C)[C@@H]2C)cc1. The van der Waals surface area contributed by atoms with Crippen LogP contribution in [0, 0.1) is 11.3 Å². The molecule has 0 aliphatic carbocycles. The molecule has 0 saturated carbocycles. The Morgan fingerprint density at radius 3 is 2.24 bits per heavy atom. The first-order chi connectivity index (χ1) is 25.6. The zero-order chi connectivity index (χ0) is 39.5. The second-order valence-corrected chi connectivity index (χ2v) is 13.7. The number of likely N-dealkylation sites (N-methyl/N-ethyl adjacent to an activating group) is 1. The van der Waals surface area contributed by atoms with E-state index < -0.39 is 47.5 Å². The van der Waals surface area contributed by atoms with Gasteiger partial charge >= 0.3 is 12.1 Å². The highest BCUT2D eigenvalue weighted by atomic mass is 16.6. The molecule has 0 unspecified atom stereocenters. The highest BCUT2D eigenvalue weighted by Crippen LogP contribution is 2.39. The van der Waals surface area contributed by atoms with E-state index in [1.54, 1.807) is 39.8 Å². The van der Waals surface area contributed by atoms with Crippen molar-refractivity contribution in [3.05, 3.63) is 101 Å². The van der Waals surface area contributed by atoms with E-state index in [0.29, 0.717) is 11.3 Å². The number of nitriles is 1. The highest BCUT2D eigenvalue weighted by molar-refractivity contribution is 6.49. The molecule has 0 N–H and O–H groups in total. The van der Waals surface area contributed by atoms with Crippen LogP contribution >= 0.6 is 0 Å². The smallest absolute Gasteiger partial charge is 0.410 e. The quantitative estimate of drug-likeness (QED) is 0.199. The van der Waals surface area contributed by atoms with Crippen LogP contribution in [-0.4, -0.2) is 79.3 Å². The first-order valence-electron chi connectivity index (χ1n) is 17.1. The topological polar surface area (TPSA) is 159 Å². The molecule has 0 aromatic heterocycles. The minimum atomic E-state index is -1.18. The number of rotatable bonds is 7. The average molecular weight is 732 g/mol. The molecule has 4 amide bonds. The van der Waals surface area contributed by atoms with E-state index in [9.17, 15) is 29.2 Å². The van der Waals surface area contributed by atoms with Gasteiger partial charge in [-0.15, -0.1) is 0 Å². The van der Waals surface area contributed by atoms with Crippen molar-refractivity contribution in [1.29, 1.82) is 5.26 Å². The standard InChI is InChI=1S/C41H41N5O8/c1-24-35(43-36(47)25(2)44(6)40(51)54-41(3,4)5)38(49)45(23-31-30-12-10-9-11-27(30)18-20-34(31)52-7)32-19-13-26(22-42)21-33(32)46(24)37(48)28-14-16-29(17-15-28)39(50)53-8/h9-21,24-25H,23H2,1-8H3/t24-,25-/m0/s1. The molecule has 4 aromatic carbocycles. The number of carbonyl (C=O) groups excluding carboxylic acids is 5. The first-order valence-corrected chi connectivity index (χ1v) is 17.1. The Hall–Kier alpha value is -6.55. The predicted octanol–water partition coefficient (Wildman–Crippen LogP) is 6.31. The predicted molar refractivity (Wildman–Crippen MR) is 203 cm³/mol. The Morgan fingerprint density at radius 2 is 1.61 bits per heavy atom. The highest BCUT2D eigenvalue weighted by Gasteiger charge is 2.41. The van der Waals surface area contributed by atoms with Crippen molar-refractivity contribution in [3.63, 3.8) is 0 Å². The van der Waals surface area contributed by atoms with Gasteiger partial charge in [-0.2, -0.15) is 5.26 Å². The summed E-state index contributed by atoms with van der Waals surface area (Å²) in [5.74, 6) is -2.23. The lowest BCUT2D eigenvalue weighted by Gasteiger charge is -2.29. The number of carbonyl (C=O) groups is 5. The third-order valence-electron chi connectivity index (χ3n) is 9.06. The Kier molecular flexibility index (Phi) is 11.2. The van der Waals surface area contributed by atoms with Gasteiger partial charge in [-0.3, -0.25) is 24.2 Å². The molecule has 278 valence electrons. The largest absolute Gasteiger partial charge is 0.496 e. The maximum absolute atomic E-state index is 15.0. The van der Waals surface area contributed by atoms with Crippen LogP contribution in [0.25, 0.3) is 10.8 Å². The molecule has 5 rings (SSSR count). The number of nitrogens with zero attached hydrogens (tertiary/aromatic N) is 5. The van der Waals surface area contributed by atoms with E-state index in [2.05, 4.69) is 11.1 Å². The molecular weight excluding hydrogens is 690 g/mol. The Bertz CT molecular complexity index is 2220. The Balaban J connectivity index is 1.72. The van der Waals surface area contributed by atoms with Crippen molar-refractivity contribution >= 4 is 57.6 Å². The lowest BCUT2D eigenvalue weighted by atomic mass is 10.0.